The van der Waals surface area contributed by atoms with Crippen LogP contribution in [0.25, 0.3) is 5.95 Å². The first-order chi connectivity index (χ1) is 8.20. The van der Waals surface area contributed by atoms with Crippen molar-refractivity contribution in [1.82, 2.24) is 30.2 Å². The summed E-state index contributed by atoms with van der Waals surface area (Å²) in [4.78, 5) is 0. The zero-order chi connectivity index (χ0) is 12.3. The van der Waals surface area contributed by atoms with E-state index in [1.54, 1.807) is 4.68 Å². The number of aryl methyl sites for hydroxylation is 2. The van der Waals surface area contributed by atoms with E-state index < -0.39 is 0 Å². The Kier molecular flexibility index (Phi) is 3.24. The summed E-state index contributed by atoms with van der Waals surface area (Å²) in [5.41, 5.74) is 1.80. The van der Waals surface area contributed by atoms with Crippen molar-refractivity contribution in [2.45, 2.75) is 13.8 Å². The van der Waals surface area contributed by atoms with Gasteiger partial charge in [0, 0.05) is 12.2 Å². The Hall–Kier alpha value is -2.09. The lowest BCUT2D eigenvalue weighted by Gasteiger charge is -2.02. The highest BCUT2D eigenvalue weighted by Crippen LogP contribution is 2.06. The molecule has 17 heavy (non-hydrogen) atoms. The molecule has 0 spiro atoms. The lowest BCUT2D eigenvalue weighted by atomic mass is 10.4. The maximum Gasteiger partial charge on any atom is 0.289 e. The SMILES string of the molecule is Cc1cc(C)n(-c2nnc(NCCO)nn2)n1. The summed E-state index contributed by atoms with van der Waals surface area (Å²) in [6.45, 7) is 4.16. The van der Waals surface area contributed by atoms with Gasteiger partial charge in [-0.15, -0.1) is 20.4 Å². The van der Waals surface area contributed by atoms with Crippen molar-refractivity contribution in [1.29, 1.82) is 0 Å². The van der Waals surface area contributed by atoms with Crippen molar-refractivity contribution in [2.24, 2.45) is 0 Å². The first-order valence-corrected chi connectivity index (χ1v) is 5.16. The van der Waals surface area contributed by atoms with E-state index in [-0.39, 0.29) is 12.6 Å². The molecule has 0 aliphatic carbocycles. The number of anilines is 1. The fourth-order valence-corrected chi connectivity index (χ4v) is 1.38. The number of aliphatic hydroxyl groups is 1. The molecule has 0 saturated heterocycles. The monoisotopic (exact) mass is 235 g/mol. The summed E-state index contributed by atoms with van der Waals surface area (Å²) in [6, 6.07) is 1.92. The van der Waals surface area contributed by atoms with Crippen molar-refractivity contribution in [2.75, 3.05) is 18.5 Å². The standard InChI is InChI=1S/C9H13N7O/c1-6-5-7(2)16(15-6)9-13-11-8(12-14-9)10-3-4-17/h5,17H,3-4H2,1-2H3,(H,10,11,12). The molecule has 0 amide bonds. The van der Waals surface area contributed by atoms with Crippen LogP contribution in [-0.4, -0.2) is 48.4 Å². The van der Waals surface area contributed by atoms with Gasteiger partial charge in [-0.05, 0) is 19.9 Å². The van der Waals surface area contributed by atoms with Gasteiger partial charge in [-0.1, -0.05) is 0 Å². The van der Waals surface area contributed by atoms with Gasteiger partial charge in [0.2, 0.25) is 0 Å². The first kappa shape index (κ1) is 11.4. The minimum Gasteiger partial charge on any atom is -0.395 e. The lowest BCUT2D eigenvalue weighted by molar-refractivity contribution is 0.310. The highest BCUT2D eigenvalue weighted by Gasteiger charge is 2.07. The molecule has 2 aromatic rings. The zero-order valence-electron chi connectivity index (χ0n) is 9.62. The summed E-state index contributed by atoms with van der Waals surface area (Å²) in [7, 11) is 0. The second-order valence-electron chi connectivity index (χ2n) is 3.51. The molecule has 0 bridgehead atoms. The smallest absolute Gasteiger partial charge is 0.289 e. The number of aromatic nitrogens is 6. The third-order valence-corrected chi connectivity index (χ3v) is 2.06. The number of aliphatic hydroxyl groups excluding tert-OH is 1. The molecule has 0 aliphatic heterocycles. The number of hydrogen-bond donors (Lipinski definition) is 2. The fourth-order valence-electron chi connectivity index (χ4n) is 1.38. The molecule has 0 aliphatic rings. The van der Waals surface area contributed by atoms with Gasteiger partial charge in [0.25, 0.3) is 11.9 Å². The maximum absolute atomic E-state index is 8.63. The molecular weight excluding hydrogens is 222 g/mol. The van der Waals surface area contributed by atoms with Crippen LogP contribution in [0, 0.1) is 13.8 Å². The molecule has 0 fully saturated rings. The van der Waals surface area contributed by atoms with E-state index in [4.69, 9.17) is 5.11 Å². The Bertz CT molecular complexity index is 493. The molecule has 90 valence electrons. The largest absolute Gasteiger partial charge is 0.395 e. The van der Waals surface area contributed by atoms with Crippen molar-refractivity contribution in [3.63, 3.8) is 0 Å². The van der Waals surface area contributed by atoms with E-state index in [1.807, 2.05) is 19.9 Å². The zero-order valence-corrected chi connectivity index (χ0v) is 9.62. The van der Waals surface area contributed by atoms with Crippen LogP contribution in [0.3, 0.4) is 0 Å². The summed E-state index contributed by atoms with van der Waals surface area (Å²) in [6.07, 6.45) is 0. The van der Waals surface area contributed by atoms with Crippen LogP contribution in [0.5, 0.6) is 0 Å². The van der Waals surface area contributed by atoms with E-state index >= 15 is 0 Å². The van der Waals surface area contributed by atoms with Gasteiger partial charge in [-0.2, -0.15) is 5.10 Å². The topological polar surface area (TPSA) is 102 Å². The molecule has 0 unspecified atom stereocenters. The lowest BCUT2D eigenvalue weighted by Crippen LogP contribution is -2.13. The first-order valence-electron chi connectivity index (χ1n) is 5.16. The van der Waals surface area contributed by atoms with Gasteiger partial charge in [-0.25, -0.2) is 4.68 Å². The average molecular weight is 235 g/mol. The number of rotatable bonds is 4. The van der Waals surface area contributed by atoms with Crippen molar-refractivity contribution >= 4 is 5.95 Å². The van der Waals surface area contributed by atoms with Gasteiger partial charge in [-0.3, -0.25) is 0 Å². The van der Waals surface area contributed by atoms with Crippen LogP contribution in [0.4, 0.5) is 5.95 Å². The van der Waals surface area contributed by atoms with E-state index in [2.05, 4.69) is 30.8 Å². The molecule has 2 N–H and O–H groups in total. The van der Waals surface area contributed by atoms with Gasteiger partial charge >= 0.3 is 0 Å². The summed E-state index contributed by atoms with van der Waals surface area (Å²) < 4.78 is 1.57. The van der Waals surface area contributed by atoms with Crippen LogP contribution in [0.1, 0.15) is 11.4 Å². The quantitative estimate of drug-likeness (QED) is 0.734. The predicted octanol–water partition coefficient (Wildman–Crippen LogP) is -0.527. The maximum atomic E-state index is 8.63. The third-order valence-electron chi connectivity index (χ3n) is 2.06. The Labute approximate surface area is 97.7 Å². The van der Waals surface area contributed by atoms with Gasteiger partial charge in [0.1, 0.15) is 0 Å². The average Bonchev–Trinajstić information content (AvgIpc) is 2.66. The van der Waals surface area contributed by atoms with Crippen LogP contribution < -0.4 is 5.32 Å². The van der Waals surface area contributed by atoms with Crippen LogP contribution in [-0.2, 0) is 0 Å². The molecule has 0 saturated carbocycles. The minimum absolute atomic E-state index is 0.00255. The summed E-state index contributed by atoms with van der Waals surface area (Å²) in [5, 5.41) is 31.1. The highest BCUT2D eigenvalue weighted by molar-refractivity contribution is 5.22. The predicted molar refractivity (Wildman–Crippen MR) is 59.8 cm³/mol. The third kappa shape index (κ3) is 2.53. The molecule has 0 aromatic carbocycles. The fraction of sp³-hybridized carbons (Fsp3) is 0.444. The molecule has 8 nitrogen and oxygen atoms in total. The normalized spacial score (nSPS) is 10.5. The second-order valence-corrected chi connectivity index (χ2v) is 3.51. The van der Waals surface area contributed by atoms with Crippen LogP contribution >= 0.6 is 0 Å². The van der Waals surface area contributed by atoms with Crippen molar-refractivity contribution in [3.05, 3.63) is 17.5 Å². The van der Waals surface area contributed by atoms with Crippen LogP contribution in [0.2, 0.25) is 0 Å². The van der Waals surface area contributed by atoms with E-state index in [1.165, 1.54) is 0 Å². The van der Waals surface area contributed by atoms with Crippen LogP contribution in [0.15, 0.2) is 6.07 Å². The molecule has 0 radical (unpaired) electrons. The van der Waals surface area contributed by atoms with E-state index in [0.29, 0.717) is 12.5 Å². The van der Waals surface area contributed by atoms with Crippen molar-refractivity contribution < 1.29 is 5.11 Å². The van der Waals surface area contributed by atoms with Crippen molar-refractivity contribution in [3.8, 4) is 5.95 Å². The highest BCUT2D eigenvalue weighted by atomic mass is 16.3. The molecule has 8 heteroatoms. The molecule has 2 aromatic heterocycles. The number of nitrogens with zero attached hydrogens (tertiary/aromatic N) is 6. The van der Waals surface area contributed by atoms with Gasteiger partial charge in [0.15, 0.2) is 0 Å². The summed E-state index contributed by atoms with van der Waals surface area (Å²) >= 11 is 0. The van der Waals surface area contributed by atoms with Gasteiger partial charge < -0.3 is 10.4 Å². The minimum atomic E-state index is 0.00255. The molecular formula is C9H13N7O. The molecule has 2 rings (SSSR count). The summed E-state index contributed by atoms with van der Waals surface area (Å²) in [5.74, 6) is 0.606. The molecule has 2 heterocycles. The van der Waals surface area contributed by atoms with E-state index in [0.717, 1.165) is 11.4 Å². The molecule has 0 atom stereocenters. The van der Waals surface area contributed by atoms with E-state index in [9.17, 15) is 0 Å². The Morgan fingerprint density at radius 1 is 1.24 bits per heavy atom. The Morgan fingerprint density at radius 2 is 1.94 bits per heavy atom. The Balaban J connectivity index is 2.20. The number of nitrogens with one attached hydrogen (secondary N) is 1. The van der Waals surface area contributed by atoms with Gasteiger partial charge in [0.05, 0.1) is 12.3 Å². The number of hydrogen-bond acceptors (Lipinski definition) is 7. The second kappa shape index (κ2) is 4.83. The Morgan fingerprint density at radius 3 is 2.47 bits per heavy atom.